The summed E-state index contributed by atoms with van der Waals surface area (Å²) < 4.78 is 5.47. The number of aryl methyl sites for hydroxylation is 1. The van der Waals surface area contributed by atoms with Crippen LogP contribution in [0.5, 0.6) is 5.88 Å². The number of rotatable bonds is 6. The van der Waals surface area contributed by atoms with Crippen molar-refractivity contribution in [2.24, 2.45) is 5.92 Å². The molecule has 4 nitrogen and oxygen atoms in total. The molecule has 4 heteroatoms. The fourth-order valence-corrected chi connectivity index (χ4v) is 1.39. The Bertz CT molecular complexity index is 388. The van der Waals surface area contributed by atoms with Crippen molar-refractivity contribution in [3.05, 3.63) is 23.4 Å². The van der Waals surface area contributed by atoms with E-state index in [-0.39, 0.29) is 5.56 Å². The molecule has 0 amide bonds. The Kier molecular flexibility index (Phi) is 4.94. The molecule has 0 aliphatic rings. The van der Waals surface area contributed by atoms with Gasteiger partial charge in [0.15, 0.2) is 0 Å². The summed E-state index contributed by atoms with van der Waals surface area (Å²) >= 11 is 0. The quantitative estimate of drug-likeness (QED) is 0.826. The van der Waals surface area contributed by atoms with Crippen molar-refractivity contribution in [1.29, 1.82) is 0 Å². The van der Waals surface area contributed by atoms with Crippen LogP contribution in [-0.4, -0.2) is 22.7 Å². The van der Waals surface area contributed by atoms with Crippen LogP contribution in [0, 0.1) is 5.92 Å². The number of nitrogens with zero attached hydrogens (tertiary/aromatic N) is 1. The predicted octanol–water partition coefficient (Wildman–Crippen LogP) is 2.77. The molecule has 0 bridgehead atoms. The summed E-state index contributed by atoms with van der Waals surface area (Å²) in [6.07, 6.45) is 1.69. The van der Waals surface area contributed by atoms with E-state index in [1.807, 2.05) is 20.8 Å². The highest BCUT2D eigenvalue weighted by Crippen LogP contribution is 2.15. The highest BCUT2D eigenvalue weighted by Gasteiger charge is 2.09. The van der Waals surface area contributed by atoms with Crippen LogP contribution >= 0.6 is 0 Å². The first-order chi connectivity index (χ1) is 8.02. The Balaban J connectivity index is 2.91. The van der Waals surface area contributed by atoms with Crippen LogP contribution in [0.1, 0.15) is 43.2 Å². The number of carbonyl (C=O) groups is 1. The third-order valence-electron chi connectivity index (χ3n) is 2.17. The van der Waals surface area contributed by atoms with Crippen LogP contribution in [0.4, 0.5) is 0 Å². The van der Waals surface area contributed by atoms with Gasteiger partial charge in [-0.15, -0.1) is 0 Å². The standard InChI is InChI=1S/C13H19NO3/c1-4-5-11-6-10(13(15)16)7-12(14-11)17-8-9(2)3/h6-7,9H,4-5,8H2,1-3H3,(H,15,16). The number of carboxylic acid groups (broad SMARTS) is 1. The summed E-state index contributed by atoms with van der Waals surface area (Å²) in [5.74, 6) is -0.152. The average Bonchev–Trinajstić information content (AvgIpc) is 2.26. The minimum absolute atomic E-state index is 0.238. The van der Waals surface area contributed by atoms with E-state index >= 15 is 0 Å². The van der Waals surface area contributed by atoms with E-state index in [4.69, 9.17) is 9.84 Å². The van der Waals surface area contributed by atoms with E-state index in [0.717, 1.165) is 18.5 Å². The lowest BCUT2D eigenvalue weighted by Gasteiger charge is -2.10. The smallest absolute Gasteiger partial charge is 0.335 e. The summed E-state index contributed by atoms with van der Waals surface area (Å²) in [5, 5.41) is 9.00. The van der Waals surface area contributed by atoms with E-state index in [1.54, 1.807) is 6.07 Å². The minimum Gasteiger partial charge on any atom is -0.478 e. The van der Waals surface area contributed by atoms with Crippen molar-refractivity contribution in [2.45, 2.75) is 33.6 Å². The van der Waals surface area contributed by atoms with Gasteiger partial charge < -0.3 is 9.84 Å². The SMILES string of the molecule is CCCc1cc(C(=O)O)cc(OCC(C)C)n1. The molecule has 0 unspecified atom stereocenters. The number of carboxylic acids is 1. The van der Waals surface area contributed by atoms with Crippen LogP contribution in [0.2, 0.25) is 0 Å². The topological polar surface area (TPSA) is 59.4 Å². The van der Waals surface area contributed by atoms with Crippen molar-refractivity contribution in [3.8, 4) is 5.88 Å². The second-order valence-electron chi connectivity index (χ2n) is 4.45. The molecule has 0 aliphatic carbocycles. The largest absolute Gasteiger partial charge is 0.478 e. The van der Waals surface area contributed by atoms with Gasteiger partial charge in [-0.3, -0.25) is 0 Å². The van der Waals surface area contributed by atoms with Gasteiger partial charge in [0.25, 0.3) is 0 Å². The molecule has 0 spiro atoms. The number of ether oxygens (including phenoxy) is 1. The van der Waals surface area contributed by atoms with Crippen LogP contribution in [0.15, 0.2) is 12.1 Å². The molecule has 0 aromatic carbocycles. The summed E-state index contributed by atoms with van der Waals surface area (Å²) in [6, 6.07) is 3.08. The first-order valence-corrected chi connectivity index (χ1v) is 5.90. The van der Waals surface area contributed by atoms with Gasteiger partial charge in [-0.25, -0.2) is 9.78 Å². The van der Waals surface area contributed by atoms with Crippen LogP contribution in [0.25, 0.3) is 0 Å². The van der Waals surface area contributed by atoms with Gasteiger partial charge in [0.1, 0.15) is 0 Å². The lowest BCUT2D eigenvalue weighted by molar-refractivity contribution is 0.0696. The molecule has 1 aromatic heterocycles. The lowest BCUT2D eigenvalue weighted by Crippen LogP contribution is -2.08. The molecule has 0 saturated carbocycles. The molecule has 1 aromatic rings. The second-order valence-corrected chi connectivity index (χ2v) is 4.45. The molecule has 94 valence electrons. The Morgan fingerprint density at radius 1 is 1.47 bits per heavy atom. The molecule has 1 N–H and O–H groups in total. The fourth-order valence-electron chi connectivity index (χ4n) is 1.39. The zero-order chi connectivity index (χ0) is 12.8. The third kappa shape index (κ3) is 4.43. The van der Waals surface area contributed by atoms with Crippen LogP contribution < -0.4 is 4.74 Å². The highest BCUT2D eigenvalue weighted by molar-refractivity contribution is 5.88. The summed E-state index contributed by atoms with van der Waals surface area (Å²) in [6.45, 7) is 6.65. The highest BCUT2D eigenvalue weighted by atomic mass is 16.5. The average molecular weight is 237 g/mol. The molecule has 0 fully saturated rings. The van der Waals surface area contributed by atoms with Crippen molar-refractivity contribution >= 4 is 5.97 Å². The van der Waals surface area contributed by atoms with Crippen LogP contribution in [0.3, 0.4) is 0 Å². The van der Waals surface area contributed by atoms with E-state index in [1.165, 1.54) is 6.07 Å². The van der Waals surface area contributed by atoms with Gasteiger partial charge in [0.05, 0.1) is 12.2 Å². The van der Waals surface area contributed by atoms with Crippen molar-refractivity contribution < 1.29 is 14.6 Å². The Hall–Kier alpha value is -1.58. The molecule has 1 rings (SSSR count). The summed E-state index contributed by atoms with van der Waals surface area (Å²) in [5.41, 5.74) is 1.01. The fraction of sp³-hybridized carbons (Fsp3) is 0.538. The lowest BCUT2D eigenvalue weighted by atomic mass is 10.1. The molecule has 17 heavy (non-hydrogen) atoms. The van der Waals surface area contributed by atoms with E-state index in [0.29, 0.717) is 18.4 Å². The van der Waals surface area contributed by atoms with Gasteiger partial charge in [-0.2, -0.15) is 0 Å². The van der Waals surface area contributed by atoms with Gasteiger partial charge >= 0.3 is 5.97 Å². The zero-order valence-corrected chi connectivity index (χ0v) is 10.6. The predicted molar refractivity (Wildman–Crippen MR) is 65.5 cm³/mol. The Morgan fingerprint density at radius 2 is 2.18 bits per heavy atom. The third-order valence-corrected chi connectivity index (χ3v) is 2.17. The maximum Gasteiger partial charge on any atom is 0.335 e. The Morgan fingerprint density at radius 3 is 2.71 bits per heavy atom. The van der Waals surface area contributed by atoms with E-state index in [2.05, 4.69) is 4.98 Å². The van der Waals surface area contributed by atoms with Crippen molar-refractivity contribution in [1.82, 2.24) is 4.98 Å². The molecule has 0 atom stereocenters. The summed E-state index contributed by atoms with van der Waals surface area (Å²) in [4.78, 5) is 15.3. The zero-order valence-electron chi connectivity index (χ0n) is 10.6. The first kappa shape index (κ1) is 13.5. The molecule has 1 heterocycles. The van der Waals surface area contributed by atoms with Crippen LogP contribution in [-0.2, 0) is 6.42 Å². The van der Waals surface area contributed by atoms with E-state index in [9.17, 15) is 4.79 Å². The second kappa shape index (κ2) is 6.23. The normalized spacial score (nSPS) is 10.6. The number of aromatic carboxylic acids is 1. The first-order valence-electron chi connectivity index (χ1n) is 5.90. The number of pyridine rings is 1. The maximum atomic E-state index is 11.0. The summed E-state index contributed by atoms with van der Waals surface area (Å²) in [7, 11) is 0. The molecular formula is C13H19NO3. The number of hydrogen-bond acceptors (Lipinski definition) is 3. The van der Waals surface area contributed by atoms with Crippen molar-refractivity contribution in [3.63, 3.8) is 0 Å². The number of aromatic nitrogens is 1. The molecule has 0 radical (unpaired) electrons. The number of hydrogen-bond donors (Lipinski definition) is 1. The maximum absolute atomic E-state index is 11.0. The molecule has 0 aliphatic heterocycles. The van der Waals surface area contributed by atoms with E-state index < -0.39 is 5.97 Å². The molecular weight excluding hydrogens is 218 g/mol. The van der Waals surface area contributed by atoms with Crippen molar-refractivity contribution in [2.75, 3.05) is 6.61 Å². The van der Waals surface area contributed by atoms with Gasteiger partial charge in [-0.1, -0.05) is 27.2 Å². The van der Waals surface area contributed by atoms with Gasteiger partial charge in [0.2, 0.25) is 5.88 Å². The van der Waals surface area contributed by atoms with Gasteiger partial charge in [0, 0.05) is 11.8 Å². The minimum atomic E-state index is -0.945. The monoisotopic (exact) mass is 237 g/mol. The molecule has 0 saturated heterocycles. The Labute approximate surface area is 102 Å². The van der Waals surface area contributed by atoms with Gasteiger partial charge in [-0.05, 0) is 18.4 Å².